The Kier molecular flexibility index (Phi) is 7.44. The molecule has 0 radical (unpaired) electrons. The Morgan fingerprint density at radius 2 is 2.00 bits per heavy atom. The number of nitrogens with zero attached hydrogens (tertiary/aromatic N) is 1. The summed E-state index contributed by atoms with van der Waals surface area (Å²) >= 11 is 5.72. The minimum Gasteiger partial charge on any atom is -0.309 e. The summed E-state index contributed by atoms with van der Waals surface area (Å²) in [5.74, 6) is 0. The molecule has 0 unspecified atom stereocenters. The monoisotopic (exact) mass is 214 g/mol. The Bertz CT molecular complexity index is 249. The molecule has 0 spiro atoms. The van der Waals surface area contributed by atoms with Crippen LogP contribution in [-0.4, -0.2) is 11.0 Å². The van der Waals surface area contributed by atoms with E-state index in [1.807, 2.05) is 26.0 Å². The third-order valence-corrected chi connectivity index (χ3v) is 1.67. The maximum Gasteiger partial charge on any atom is 0.129 e. The summed E-state index contributed by atoms with van der Waals surface area (Å²) in [6.45, 7) is 8.98. The SMILES string of the molecule is CC.CC(C)NCc1cccc(Cl)n1. The first-order chi connectivity index (χ1) is 6.68. The van der Waals surface area contributed by atoms with Gasteiger partial charge >= 0.3 is 0 Å². The average molecular weight is 215 g/mol. The van der Waals surface area contributed by atoms with E-state index in [1.54, 1.807) is 6.07 Å². The molecule has 3 heteroatoms. The van der Waals surface area contributed by atoms with Crippen LogP contribution in [-0.2, 0) is 6.54 Å². The largest absolute Gasteiger partial charge is 0.309 e. The third-order valence-electron chi connectivity index (χ3n) is 1.46. The van der Waals surface area contributed by atoms with Crippen molar-refractivity contribution >= 4 is 11.6 Å². The zero-order chi connectivity index (χ0) is 11.0. The van der Waals surface area contributed by atoms with Gasteiger partial charge in [0.2, 0.25) is 0 Å². The van der Waals surface area contributed by atoms with E-state index in [-0.39, 0.29) is 0 Å². The predicted molar refractivity (Wildman–Crippen MR) is 62.6 cm³/mol. The molecule has 0 fully saturated rings. The van der Waals surface area contributed by atoms with Crippen molar-refractivity contribution in [1.82, 2.24) is 10.3 Å². The lowest BCUT2D eigenvalue weighted by molar-refractivity contribution is 0.581. The zero-order valence-corrected chi connectivity index (χ0v) is 10.1. The quantitative estimate of drug-likeness (QED) is 0.782. The maximum atomic E-state index is 5.72. The van der Waals surface area contributed by atoms with Crippen LogP contribution >= 0.6 is 11.6 Å². The number of pyridine rings is 1. The highest BCUT2D eigenvalue weighted by atomic mass is 35.5. The Labute approximate surface area is 91.7 Å². The van der Waals surface area contributed by atoms with E-state index in [9.17, 15) is 0 Å². The Morgan fingerprint density at radius 3 is 2.50 bits per heavy atom. The van der Waals surface area contributed by atoms with Crippen molar-refractivity contribution in [2.45, 2.75) is 40.3 Å². The third kappa shape index (κ3) is 5.95. The van der Waals surface area contributed by atoms with Gasteiger partial charge in [0, 0.05) is 12.6 Å². The van der Waals surface area contributed by atoms with Crippen LogP contribution in [0.2, 0.25) is 5.15 Å². The van der Waals surface area contributed by atoms with Gasteiger partial charge in [-0.3, -0.25) is 0 Å². The molecule has 2 nitrogen and oxygen atoms in total. The number of hydrogen-bond acceptors (Lipinski definition) is 2. The van der Waals surface area contributed by atoms with Crippen LogP contribution in [0.4, 0.5) is 0 Å². The number of halogens is 1. The summed E-state index contributed by atoms with van der Waals surface area (Å²) in [4.78, 5) is 4.15. The van der Waals surface area contributed by atoms with Crippen LogP contribution in [0.1, 0.15) is 33.4 Å². The lowest BCUT2D eigenvalue weighted by Gasteiger charge is -2.06. The van der Waals surface area contributed by atoms with Crippen LogP contribution in [0.25, 0.3) is 0 Å². The number of hydrogen-bond donors (Lipinski definition) is 1. The fourth-order valence-electron chi connectivity index (χ4n) is 0.857. The summed E-state index contributed by atoms with van der Waals surface area (Å²) in [5.41, 5.74) is 0.983. The van der Waals surface area contributed by atoms with E-state index in [0.29, 0.717) is 11.2 Å². The molecule has 0 atom stereocenters. The van der Waals surface area contributed by atoms with E-state index >= 15 is 0 Å². The fourth-order valence-corrected chi connectivity index (χ4v) is 1.04. The van der Waals surface area contributed by atoms with Crippen LogP contribution in [0.3, 0.4) is 0 Å². The lowest BCUT2D eigenvalue weighted by Crippen LogP contribution is -2.22. The average Bonchev–Trinajstić information content (AvgIpc) is 2.18. The lowest BCUT2D eigenvalue weighted by atomic mass is 10.3. The van der Waals surface area contributed by atoms with Gasteiger partial charge in [-0.25, -0.2) is 4.98 Å². The second kappa shape index (κ2) is 7.77. The summed E-state index contributed by atoms with van der Waals surface area (Å²) < 4.78 is 0. The standard InChI is InChI=1S/C9H13ClN2.C2H6/c1-7(2)11-6-8-4-3-5-9(10)12-8;1-2/h3-5,7,11H,6H2,1-2H3;1-2H3. The second-order valence-corrected chi connectivity index (χ2v) is 3.37. The van der Waals surface area contributed by atoms with Gasteiger partial charge in [0.05, 0.1) is 5.69 Å². The summed E-state index contributed by atoms with van der Waals surface area (Å²) in [5, 5.41) is 3.82. The van der Waals surface area contributed by atoms with Crippen molar-refractivity contribution in [2.24, 2.45) is 0 Å². The van der Waals surface area contributed by atoms with Gasteiger partial charge in [-0.2, -0.15) is 0 Å². The normalized spacial score (nSPS) is 9.57. The Balaban J connectivity index is 0.000000791. The van der Waals surface area contributed by atoms with Gasteiger partial charge in [-0.05, 0) is 12.1 Å². The first-order valence-electron chi connectivity index (χ1n) is 5.03. The molecular formula is C11H19ClN2. The molecule has 0 aromatic carbocycles. The van der Waals surface area contributed by atoms with Gasteiger partial charge in [0.25, 0.3) is 0 Å². The molecule has 14 heavy (non-hydrogen) atoms. The molecule has 1 aromatic heterocycles. The Hall–Kier alpha value is -0.600. The number of aromatic nitrogens is 1. The molecule has 0 aliphatic rings. The summed E-state index contributed by atoms with van der Waals surface area (Å²) in [7, 11) is 0. The maximum absolute atomic E-state index is 5.72. The fraction of sp³-hybridized carbons (Fsp3) is 0.545. The highest BCUT2D eigenvalue weighted by Gasteiger charge is 1.96. The number of rotatable bonds is 3. The summed E-state index contributed by atoms with van der Waals surface area (Å²) in [6.07, 6.45) is 0. The van der Waals surface area contributed by atoms with Crippen LogP contribution < -0.4 is 5.32 Å². The van der Waals surface area contributed by atoms with E-state index in [4.69, 9.17) is 11.6 Å². The second-order valence-electron chi connectivity index (χ2n) is 2.99. The van der Waals surface area contributed by atoms with Gasteiger partial charge in [-0.1, -0.05) is 45.4 Å². The Morgan fingerprint density at radius 1 is 1.36 bits per heavy atom. The molecule has 1 heterocycles. The van der Waals surface area contributed by atoms with Crippen molar-refractivity contribution in [3.63, 3.8) is 0 Å². The molecule has 0 saturated heterocycles. The van der Waals surface area contributed by atoms with Gasteiger partial charge in [-0.15, -0.1) is 0 Å². The van der Waals surface area contributed by atoms with E-state index < -0.39 is 0 Å². The topological polar surface area (TPSA) is 24.9 Å². The highest BCUT2D eigenvalue weighted by Crippen LogP contribution is 2.04. The first-order valence-corrected chi connectivity index (χ1v) is 5.41. The highest BCUT2D eigenvalue weighted by molar-refractivity contribution is 6.29. The molecule has 0 saturated carbocycles. The van der Waals surface area contributed by atoms with Crippen LogP contribution in [0.5, 0.6) is 0 Å². The predicted octanol–water partition coefficient (Wildman–Crippen LogP) is 3.26. The van der Waals surface area contributed by atoms with E-state index in [1.165, 1.54) is 0 Å². The molecular weight excluding hydrogens is 196 g/mol. The van der Waals surface area contributed by atoms with Gasteiger partial charge in [0.1, 0.15) is 5.15 Å². The van der Waals surface area contributed by atoms with Crippen molar-refractivity contribution in [3.05, 3.63) is 29.0 Å². The van der Waals surface area contributed by atoms with Gasteiger partial charge in [0.15, 0.2) is 0 Å². The minimum absolute atomic E-state index is 0.478. The summed E-state index contributed by atoms with van der Waals surface area (Å²) in [6, 6.07) is 6.12. The molecule has 0 bridgehead atoms. The smallest absolute Gasteiger partial charge is 0.129 e. The van der Waals surface area contributed by atoms with E-state index in [2.05, 4.69) is 24.1 Å². The van der Waals surface area contributed by atoms with Crippen LogP contribution in [0.15, 0.2) is 18.2 Å². The van der Waals surface area contributed by atoms with E-state index in [0.717, 1.165) is 12.2 Å². The minimum atomic E-state index is 0.478. The van der Waals surface area contributed by atoms with Crippen molar-refractivity contribution in [2.75, 3.05) is 0 Å². The molecule has 1 rings (SSSR count). The van der Waals surface area contributed by atoms with Crippen molar-refractivity contribution < 1.29 is 0 Å². The number of nitrogens with one attached hydrogen (secondary N) is 1. The van der Waals surface area contributed by atoms with Crippen LogP contribution in [0, 0.1) is 0 Å². The molecule has 0 amide bonds. The van der Waals surface area contributed by atoms with Crippen molar-refractivity contribution in [1.29, 1.82) is 0 Å². The molecule has 0 aliphatic carbocycles. The van der Waals surface area contributed by atoms with Crippen molar-refractivity contribution in [3.8, 4) is 0 Å². The molecule has 1 aromatic rings. The molecule has 0 aliphatic heterocycles. The molecule has 80 valence electrons. The zero-order valence-electron chi connectivity index (χ0n) is 9.34. The first kappa shape index (κ1) is 13.4. The molecule has 1 N–H and O–H groups in total. The van der Waals surface area contributed by atoms with Gasteiger partial charge < -0.3 is 5.32 Å².